The number of ether oxygens (including phenoxy) is 1. The van der Waals surface area contributed by atoms with E-state index in [1.165, 1.54) is 0 Å². The lowest BCUT2D eigenvalue weighted by atomic mass is 10.1. The van der Waals surface area contributed by atoms with Crippen LogP contribution in [0.1, 0.15) is 35.2 Å². The van der Waals surface area contributed by atoms with Crippen LogP contribution < -0.4 is 10.5 Å². The molecule has 1 aromatic carbocycles. The fourth-order valence-electron chi connectivity index (χ4n) is 2.19. The zero-order valence-corrected chi connectivity index (χ0v) is 12.7. The van der Waals surface area contributed by atoms with Crippen molar-refractivity contribution in [1.82, 2.24) is 4.90 Å². The van der Waals surface area contributed by atoms with E-state index in [1.807, 2.05) is 24.0 Å². The number of hydrogen-bond donors (Lipinski definition) is 1. The van der Waals surface area contributed by atoms with E-state index < -0.39 is 0 Å². The summed E-state index contributed by atoms with van der Waals surface area (Å²) in [6.45, 7) is 2.55. The van der Waals surface area contributed by atoms with Gasteiger partial charge in [0.25, 0.3) is 5.91 Å². The van der Waals surface area contributed by atoms with Gasteiger partial charge in [0.05, 0.1) is 12.1 Å². The van der Waals surface area contributed by atoms with Crippen molar-refractivity contribution in [2.75, 3.05) is 13.7 Å². The van der Waals surface area contributed by atoms with E-state index in [-0.39, 0.29) is 5.91 Å². The van der Waals surface area contributed by atoms with Gasteiger partial charge in [0.2, 0.25) is 0 Å². The Hall–Kier alpha value is -1.62. The molecule has 1 amide bonds. The van der Waals surface area contributed by atoms with Gasteiger partial charge in [-0.25, -0.2) is 0 Å². The number of nitrogens with two attached hydrogens (primary N) is 1. The number of methoxy groups -OCH3 is 1. The van der Waals surface area contributed by atoms with Gasteiger partial charge in [-0.3, -0.25) is 4.79 Å². The molecule has 0 spiro atoms. The van der Waals surface area contributed by atoms with E-state index in [9.17, 15) is 4.79 Å². The maximum Gasteiger partial charge on any atom is 0.254 e. The average Bonchev–Trinajstić information content (AvgIpc) is 3.23. The number of thiocarbonyl (C=S) groups is 1. The number of carbonyl (C=O) groups excluding carboxylic acids is 1. The fraction of sp³-hybridized carbons (Fsp3) is 0.467. The molecule has 0 radical (unpaired) electrons. The van der Waals surface area contributed by atoms with Crippen LogP contribution in [0.2, 0.25) is 0 Å². The van der Waals surface area contributed by atoms with Crippen molar-refractivity contribution in [1.29, 1.82) is 0 Å². The van der Waals surface area contributed by atoms with E-state index in [4.69, 9.17) is 22.7 Å². The molecule has 1 saturated carbocycles. The highest BCUT2D eigenvalue weighted by Crippen LogP contribution is 2.29. The number of hydrogen-bond acceptors (Lipinski definition) is 3. The first-order chi connectivity index (χ1) is 9.52. The summed E-state index contributed by atoms with van der Waals surface area (Å²) in [7, 11) is 1.61. The molecular formula is C15H20N2O2S. The quantitative estimate of drug-likeness (QED) is 0.817. The van der Waals surface area contributed by atoms with E-state index in [0.29, 0.717) is 29.6 Å². The monoisotopic (exact) mass is 292 g/mol. The van der Waals surface area contributed by atoms with Crippen molar-refractivity contribution < 1.29 is 9.53 Å². The summed E-state index contributed by atoms with van der Waals surface area (Å²) >= 11 is 4.90. The van der Waals surface area contributed by atoms with Crippen molar-refractivity contribution in [3.63, 3.8) is 0 Å². The molecule has 0 saturated heterocycles. The average molecular weight is 292 g/mol. The highest BCUT2D eigenvalue weighted by atomic mass is 32.1. The third-order valence-electron chi connectivity index (χ3n) is 3.50. The lowest BCUT2D eigenvalue weighted by Gasteiger charge is -2.22. The normalized spacial score (nSPS) is 13.9. The molecule has 0 atom stereocenters. The second-order valence-corrected chi connectivity index (χ2v) is 5.65. The van der Waals surface area contributed by atoms with Crippen LogP contribution in [-0.4, -0.2) is 35.5 Å². The zero-order chi connectivity index (χ0) is 14.7. The zero-order valence-electron chi connectivity index (χ0n) is 11.9. The van der Waals surface area contributed by atoms with Gasteiger partial charge in [-0.15, -0.1) is 0 Å². The van der Waals surface area contributed by atoms with Crippen LogP contribution in [0.4, 0.5) is 0 Å². The Labute approximate surface area is 124 Å². The molecule has 0 bridgehead atoms. The lowest BCUT2D eigenvalue weighted by Crippen LogP contribution is -2.35. The van der Waals surface area contributed by atoms with Crippen LogP contribution in [0.25, 0.3) is 0 Å². The van der Waals surface area contributed by atoms with Crippen LogP contribution in [0.3, 0.4) is 0 Å². The topological polar surface area (TPSA) is 55.6 Å². The second-order valence-electron chi connectivity index (χ2n) is 5.13. The first kappa shape index (κ1) is 14.8. The van der Waals surface area contributed by atoms with Gasteiger partial charge < -0.3 is 15.4 Å². The van der Waals surface area contributed by atoms with Crippen molar-refractivity contribution >= 4 is 23.1 Å². The number of carbonyl (C=O) groups is 1. The molecule has 108 valence electrons. The SMILES string of the molecule is COc1cc(C(=O)N(CCC(N)=S)C2CC2)ccc1C. The van der Waals surface area contributed by atoms with Gasteiger partial charge in [-0.2, -0.15) is 0 Å². The molecule has 1 aromatic rings. The van der Waals surface area contributed by atoms with Crippen LogP contribution in [0, 0.1) is 6.92 Å². The molecule has 0 aliphatic heterocycles. The van der Waals surface area contributed by atoms with Crippen molar-refractivity contribution in [2.24, 2.45) is 5.73 Å². The summed E-state index contributed by atoms with van der Waals surface area (Å²) in [6.07, 6.45) is 2.69. The van der Waals surface area contributed by atoms with Gasteiger partial charge in [-0.1, -0.05) is 18.3 Å². The minimum absolute atomic E-state index is 0.0297. The first-order valence-corrected chi connectivity index (χ1v) is 7.17. The highest BCUT2D eigenvalue weighted by Gasteiger charge is 2.32. The molecule has 0 heterocycles. The number of rotatable bonds is 6. The molecule has 2 N–H and O–H groups in total. The standard InChI is InChI=1S/C15H20N2O2S/c1-10-3-4-11(9-13(10)19-2)15(18)17(12-5-6-12)8-7-14(16)20/h3-4,9,12H,5-8H2,1-2H3,(H2,16,20). The molecule has 4 nitrogen and oxygen atoms in total. The largest absolute Gasteiger partial charge is 0.496 e. The lowest BCUT2D eigenvalue weighted by molar-refractivity contribution is 0.0747. The molecular weight excluding hydrogens is 272 g/mol. The maximum absolute atomic E-state index is 12.6. The Morgan fingerprint density at radius 3 is 2.75 bits per heavy atom. The Balaban J connectivity index is 2.16. The van der Waals surface area contributed by atoms with Crippen LogP contribution in [-0.2, 0) is 0 Å². The van der Waals surface area contributed by atoms with Crippen LogP contribution >= 0.6 is 12.2 Å². The third kappa shape index (κ3) is 3.48. The number of nitrogens with zero attached hydrogens (tertiary/aromatic N) is 1. The molecule has 0 aromatic heterocycles. The molecule has 1 fully saturated rings. The number of benzene rings is 1. The maximum atomic E-state index is 12.6. The summed E-state index contributed by atoms with van der Waals surface area (Å²) in [5.41, 5.74) is 7.21. The van der Waals surface area contributed by atoms with Gasteiger partial charge >= 0.3 is 0 Å². The minimum atomic E-state index is 0.0297. The number of aryl methyl sites for hydroxylation is 1. The van der Waals surface area contributed by atoms with Crippen LogP contribution in [0.15, 0.2) is 18.2 Å². The van der Waals surface area contributed by atoms with Crippen LogP contribution in [0.5, 0.6) is 5.75 Å². The van der Waals surface area contributed by atoms with Gasteiger partial charge in [0, 0.05) is 24.6 Å². The Kier molecular flexibility index (Phi) is 4.60. The smallest absolute Gasteiger partial charge is 0.254 e. The van der Waals surface area contributed by atoms with E-state index >= 15 is 0 Å². The molecule has 2 rings (SSSR count). The summed E-state index contributed by atoms with van der Waals surface area (Å²) in [5.74, 6) is 0.767. The fourth-order valence-corrected chi connectivity index (χ4v) is 2.28. The summed E-state index contributed by atoms with van der Waals surface area (Å²) in [6, 6.07) is 5.89. The third-order valence-corrected chi connectivity index (χ3v) is 3.71. The summed E-state index contributed by atoms with van der Waals surface area (Å²) in [5, 5.41) is 0. The van der Waals surface area contributed by atoms with Gasteiger partial charge in [0.15, 0.2) is 0 Å². The van der Waals surface area contributed by atoms with Gasteiger partial charge in [0.1, 0.15) is 5.75 Å². The highest BCUT2D eigenvalue weighted by molar-refractivity contribution is 7.80. The number of amides is 1. The van der Waals surface area contributed by atoms with Crippen molar-refractivity contribution in [3.8, 4) is 5.75 Å². The van der Waals surface area contributed by atoms with E-state index in [2.05, 4.69) is 0 Å². The summed E-state index contributed by atoms with van der Waals surface area (Å²) in [4.78, 5) is 14.9. The molecule has 20 heavy (non-hydrogen) atoms. The molecule has 0 unspecified atom stereocenters. The summed E-state index contributed by atoms with van der Waals surface area (Å²) < 4.78 is 5.28. The van der Waals surface area contributed by atoms with E-state index in [1.54, 1.807) is 13.2 Å². The first-order valence-electron chi connectivity index (χ1n) is 6.77. The van der Waals surface area contributed by atoms with Crippen molar-refractivity contribution in [3.05, 3.63) is 29.3 Å². The Bertz CT molecular complexity index is 527. The molecule has 1 aliphatic rings. The predicted octanol–water partition coefficient (Wildman–Crippen LogP) is 2.28. The Morgan fingerprint density at radius 1 is 1.50 bits per heavy atom. The van der Waals surface area contributed by atoms with Crippen molar-refractivity contribution in [2.45, 2.75) is 32.2 Å². The second kappa shape index (κ2) is 6.22. The van der Waals surface area contributed by atoms with Gasteiger partial charge in [-0.05, 0) is 37.5 Å². The Morgan fingerprint density at radius 2 is 2.20 bits per heavy atom. The minimum Gasteiger partial charge on any atom is -0.496 e. The van der Waals surface area contributed by atoms with E-state index in [0.717, 1.165) is 24.2 Å². The molecule has 5 heteroatoms. The molecule has 1 aliphatic carbocycles. The predicted molar refractivity (Wildman–Crippen MR) is 83.2 cm³/mol.